The lowest BCUT2D eigenvalue weighted by molar-refractivity contribution is -0.00759. The van der Waals surface area contributed by atoms with Gasteiger partial charge in [0.1, 0.15) is 29.3 Å². The molecule has 0 bridgehead atoms. The molecule has 2 aliphatic rings. The van der Waals surface area contributed by atoms with Gasteiger partial charge in [0.25, 0.3) is 0 Å². The minimum atomic E-state index is -4.06. The summed E-state index contributed by atoms with van der Waals surface area (Å²) in [5.74, 6) is 0.155. The fraction of sp³-hybridized carbons (Fsp3) is 0.333. The van der Waals surface area contributed by atoms with Crippen molar-refractivity contribution >= 4 is 28.6 Å². The highest BCUT2D eigenvalue weighted by molar-refractivity contribution is 7.86. The number of rotatable bonds is 4. The average Bonchev–Trinajstić information content (AvgIpc) is 2.78. The largest absolute Gasteiger partial charge is 0.456 e. The zero-order chi connectivity index (χ0) is 23.6. The van der Waals surface area contributed by atoms with E-state index in [1.54, 1.807) is 37.3 Å². The number of fused-ring (bicyclic) bond motifs is 4. The quantitative estimate of drug-likeness (QED) is 0.522. The molecule has 0 saturated carbocycles. The van der Waals surface area contributed by atoms with E-state index < -0.39 is 28.5 Å². The van der Waals surface area contributed by atoms with Gasteiger partial charge in [-0.15, -0.1) is 4.40 Å². The Morgan fingerprint density at radius 2 is 1.85 bits per heavy atom. The van der Waals surface area contributed by atoms with Gasteiger partial charge in [0.15, 0.2) is 5.75 Å². The molecule has 9 heteroatoms. The summed E-state index contributed by atoms with van der Waals surface area (Å²) in [7, 11) is -4.06. The number of aliphatic hydroxyl groups is 1. The Hall–Kier alpha value is -3.17. The maximum absolute atomic E-state index is 13.1. The van der Waals surface area contributed by atoms with E-state index in [2.05, 4.69) is 11.3 Å². The van der Waals surface area contributed by atoms with Crippen LogP contribution in [0.25, 0.3) is 6.08 Å². The summed E-state index contributed by atoms with van der Waals surface area (Å²) in [6.45, 7) is 3.85. The lowest BCUT2D eigenvalue weighted by Gasteiger charge is -2.22. The van der Waals surface area contributed by atoms with Crippen molar-refractivity contribution in [2.24, 2.45) is 4.40 Å². The predicted octanol–water partition coefficient (Wildman–Crippen LogP) is 4.34. The molecule has 174 valence electrons. The minimum absolute atomic E-state index is 0.0950. The number of carbonyl (C=O) groups excluding carboxylic acids is 1. The molecular weight excluding hydrogens is 446 g/mol. The van der Waals surface area contributed by atoms with E-state index in [-0.39, 0.29) is 11.3 Å². The van der Waals surface area contributed by atoms with Crippen LogP contribution in [0.2, 0.25) is 0 Å². The standard InChI is InChI=1S/C24H25NO7S/c1-3-4-5-8-21-18(26)11-10-16-17-14-25-33(28,29)32-20(17)13-12-19(16)30-22-9-6-7-15(2)23(22)24(27)31-21/h6-7,9-14,18,21,26H,3-5,8H2,1-2H3/b11-10+/t18-,21+/m1/s1. The molecule has 4 rings (SSSR count). The van der Waals surface area contributed by atoms with Gasteiger partial charge in [0.05, 0.1) is 6.21 Å². The van der Waals surface area contributed by atoms with Crippen LogP contribution in [-0.4, -0.2) is 37.9 Å². The number of cyclic esters (lactones) is 1. The number of nitrogens with zero attached hydrogens (tertiary/aromatic N) is 1. The maximum atomic E-state index is 13.1. The van der Waals surface area contributed by atoms with Crippen LogP contribution >= 0.6 is 0 Å². The van der Waals surface area contributed by atoms with Crippen LogP contribution in [0, 0.1) is 6.92 Å². The fourth-order valence-corrected chi connectivity index (χ4v) is 4.48. The lowest BCUT2D eigenvalue weighted by Crippen LogP contribution is -2.30. The van der Waals surface area contributed by atoms with Gasteiger partial charge in [0.2, 0.25) is 0 Å². The third kappa shape index (κ3) is 4.94. The van der Waals surface area contributed by atoms with Crippen molar-refractivity contribution in [1.82, 2.24) is 0 Å². The van der Waals surface area contributed by atoms with Crippen LogP contribution in [0.1, 0.15) is 59.7 Å². The normalized spacial score (nSPS) is 21.8. The van der Waals surface area contributed by atoms with Gasteiger partial charge in [-0.2, -0.15) is 8.42 Å². The SMILES string of the molecule is CCCCC[C@@H]1OC(=O)c2c(C)cccc2Oc2ccc3c(c2/C=C/[C@H]1O)C=NS(=O)(=O)O3. The predicted molar refractivity (Wildman–Crippen MR) is 123 cm³/mol. The van der Waals surface area contributed by atoms with Crippen molar-refractivity contribution in [2.75, 3.05) is 0 Å². The number of aryl methyl sites for hydroxylation is 1. The monoisotopic (exact) mass is 471 g/mol. The Balaban J connectivity index is 1.86. The number of benzene rings is 2. The molecular formula is C24H25NO7S. The molecule has 0 radical (unpaired) electrons. The zero-order valence-corrected chi connectivity index (χ0v) is 19.2. The van der Waals surface area contributed by atoms with E-state index in [9.17, 15) is 18.3 Å². The molecule has 2 aromatic carbocycles. The Morgan fingerprint density at radius 1 is 1.06 bits per heavy atom. The third-order valence-corrected chi connectivity index (χ3v) is 6.32. The number of hydrogen-bond acceptors (Lipinski definition) is 7. The van der Waals surface area contributed by atoms with E-state index in [0.29, 0.717) is 34.6 Å². The first-order valence-corrected chi connectivity index (χ1v) is 12.2. The summed E-state index contributed by atoms with van der Waals surface area (Å²) in [4.78, 5) is 13.1. The van der Waals surface area contributed by atoms with Crippen LogP contribution in [-0.2, 0) is 15.0 Å². The smallest absolute Gasteiger partial charge is 0.428 e. The van der Waals surface area contributed by atoms with Crippen LogP contribution in [0.4, 0.5) is 0 Å². The molecule has 0 aliphatic carbocycles. The van der Waals surface area contributed by atoms with Crippen LogP contribution in [0.15, 0.2) is 40.8 Å². The van der Waals surface area contributed by atoms with Gasteiger partial charge in [-0.1, -0.05) is 44.1 Å². The van der Waals surface area contributed by atoms with Gasteiger partial charge in [-0.3, -0.25) is 0 Å². The summed E-state index contributed by atoms with van der Waals surface area (Å²) in [6.07, 6.45) is 5.69. The van der Waals surface area contributed by atoms with Crippen LogP contribution < -0.4 is 8.92 Å². The molecule has 0 saturated heterocycles. The molecule has 1 N–H and O–H groups in total. The van der Waals surface area contributed by atoms with Crippen LogP contribution in [0.3, 0.4) is 0 Å². The average molecular weight is 472 g/mol. The molecule has 8 nitrogen and oxygen atoms in total. The van der Waals surface area contributed by atoms with Gasteiger partial charge < -0.3 is 18.8 Å². The molecule has 0 aromatic heterocycles. The number of ether oxygens (including phenoxy) is 2. The van der Waals surface area contributed by atoms with E-state index in [1.165, 1.54) is 18.4 Å². The number of esters is 1. The summed E-state index contributed by atoms with van der Waals surface area (Å²) >= 11 is 0. The van der Waals surface area contributed by atoms with Gasteiger partial charge in [0, 0.05) is 11.1 Å². The fourth-order valence-electron chi connectivity index (χ4n) is 3.83. The summed E-state index contributed by atoms with van der Waals surface area (Å²) in [5.41, 5.74) is 1.78. The molecule has 0 amide bonds. The van der Waals surface area contributed by atoms with Crippen molar-refractivity contribution in [3.8, 4) is 17.2 Å². The van der Waals surface area contributed by atoms with E-state index in [4.69, 9.17) is 13.7 Å². The van der Waals surface area contributed by atoms with Crippen molar-refractivity contribution in [1.29, 1.82) is 0 Å². The zero-order valence-electron chi connectivity index (χ0n) is 18.4. The molecule has 2 aromatic rings. The number of hydrogen-bond donors (Lipinski definition) is 1. The Morgan fingerprint density at radius 3 is 2.64 bits per heavy atom. The van der Waals surface area contributed by atoms with Crippen LogP contribution in [0.5, 0.6) is 17.2 Å². The van der Waals surface area contributed by atoms with Crippen molar-refractivity contribution in [3.63, 3.8) is 0 Å². The minimum Gasteiger partial charge on any atom is -0.456 e. The number of aliphatic hydroxyl groups excluding tert-OH is 1. The Labute approximate surface area is 192 Å². The van der Waals surface area contributed by atoms with E-state index in [1.807, 2.05) is 0 Å². The topological polar surface area (TPSA) is 111 Å². The molecule has 0 unspecified atom stereocenters. The summed E-state index contributed by atoms with van der Waals surface area (Å²) < 4.78 is 43.8. The second kappa shape index (κ2) is 9.36. The number of carbonyl (C=O) groups is 1. The maximum Gasteiger partial charge on any atom is 0.428 e. The van der Waals surface area contributed by atoms with E-state index in [0.717, 1.165) is 19.3 Å². The summed E-state index contributed by atoms with van der Waals surface area (Å²) in [5, 5.41) is 10.9. The van der Waals surface area contributed by atoms with Gasteiger partial charge in [-0.25, -0.2) is 4.79 Å². The third-order valence-electron chi connectivity index (χ3n) is 5.56. The van der Waals surface area contributed by atoms with E-state index >= 15 is 0 Å². The highest BCUT2D eigenvalue weighted by Gasteiger charge is 2.28. The van der Waals surface area contributed by atoms with Crippen molar-refractivity contribution in [2.45, 2.75) is 51.7 Å². The van der Waals surface area contributed by atoms with Crippen molar-refractivity contribution < 1.29 is 32.0 Å². The second-order valence-corrected chi connectivity index (χ2v) is 9.21. The molecule has 0 spiro atoms. The number of unbranched alkanes of at least 4 members (excludes halogenated alkanes) is 2. The second-order valence-electron chi connectivity index (χ2n) is 7.97. The van der Waals surface area contributed by atoms with Gasteiger partial charge in [-0.05, 0) is 43.5 Å². The molecule has 2 heterocycles. The Bertz CT molecular complexity index is 1230. The first-order valence-electron chi connectivity index (χ1n) is 10.8. The highest BCUT2D eigenvalue weighted by Crippen LogP contribution is 2.38. The molecule has 2 aliphatic heterocycles. The molecule has 33 heavy (non-hydrogen) atoms. The molecule has 2 atom stereocenters. The first kappa shape index (κ1) is 23.0. The lowest BCUT2D eigenvalue weighted by atomic mass is 10.0. The summed E-state index contributed by atoms with van der Waals surface area (Å²) in [6, 6.07) is 8.21. The highest BCUT2D eigenvalue weighted by atomic mass is 32.2. The van der Waals surface area contributed by atoms with Crippen molar-refractivity contribution in [3.05, 3.63) is 58.7 Å². The first-order chi connectivity index (χ1) is 15.8. The van der Waals surface area contributed by atoms with Gasteiger partial charge >= 0.3 is 16.3 Å². The Kier molecular flexibility index (Phi) is 6.53. The molecule has 0 fully saturated rings.